The SMILES string of the molecule is CCC(C)NC(=O)c1cccc(CNC(=O)c2cc(C)on2)c1. The van der Waals surface area contributed by atoms with Crippen LogP contribution in [0.1, 0.15) is 52.4 Å². The van der Waals surface area contributed by atoms with Gasteiger partial charge in [0.2, 0.25) is 0 Å². The van der Waals surface area contributed by atoms with Gasteiger partial charge in [0.25, 0.3) is 11.8 Å². The monoisotopic (exact) mass is 315 g/mol. The minimum absolute atomic E-state index is 0.111. The zero-order valence-corrected chi connectivity index (χ0v) is 13.6. The first kappa shape index (κ1) is 16.7. The Labute approximate surface area is 135 Å². The van der Waals surface area contributed by atoms with Gasteiger partial charge in [-0.2, -0.15) is 0 Å². The van der Waals surface area contributed by atoms with Crippen molar-refractivity contribution in [2.75, 3.05) is 0 Å². The van der Waals surface area contributed by atoms with Gasteiger partial charge in [0.1, 0.15) is 5.76 Å². The van der Waals surface area contributed by atoms with E-state index in [-0.39, 0.29) is 23.6 Å². The standard InChI is InChI=1S/C17H21N3O3/c1-4-11(2)19-16(21)14-7-5-6-13(9-14)10-18-17(22)15-8-12(3)23-20-15/h5-9,11H,4,10H2,1-3H3,(H,18,22)(H,19,21). The summed E-state index contributed by atoms with van der Waals surface area (Å²) < 4.78 is 4.87. The van der Waals surface area contributed by atoms with Gasteiger partial charge in [0.15, 0.2) is 5.69 Å². The van der Waals surface area contributed by atoms with Gasteiger partial charge in [0.05, 0.1) is 0 Å². The molecule has 1 atom stereocenters. The second kappa shape index (κ2) is 7.58. The molecule has 1 unspecified atom stereocenters. The third-order valence-electron chi connectivity index (χ3n) is 3.49. The number of nitrogens with zero attached hydrogens (tertiary/aromatic N) is 1. The Morgan fingerprint density at radius 1 is 1.26 bits per heavy atom. The third kappa shape index (κ3) is 4.67. The molecule has 0 bridgehead atoms. The van der Waals surface area contributed by atoms with Crippen LogP contribution in [0.2, 0.25) is 0 Å². The van der Waals surface area contributed by atoms with Crippen molar-refractivity contribution >= 4 is 11.8 Å². The van der Waals surface area contributed by atoms with E-state index in [4.69, 9.17) is 4.52 Å². The summed E-state index contributed by atoms with van der Waals surface area (Å²) in [7, 11) is 0. The molecule has 0 saturated carbocycles. The minimum atomic E-state index is -0.309. The normalized spacial score (nSPS) is 11.8. The van der Waals surface area contributed by atoms with Crippen molar-refractivity contribution in [1.29, 1.82) is 0 Å². The van der Waals surface area contributed by atoms with Crippen LogP contribution in [-0.4, -0.2) is 23.0 Å². The lowest BCUT2D eigenvalue weighted by atomic mass is 10.1. The molecule has 2 rings (SSSR count). The summed E-state index contributed by atoms with van der Waals surface area (Å²) in [6, 6.07) is 8.88. The molecule has 0 fully saturated rings. The number of aromatic nitrogens is 1. The molecule has 0 aliphatic carbocycles. The number of rotatable bonds is 6. The number of carbonyl (C=O) groups excluding carboxylic acids is 2. The Bertz CT molecular complexity index is 694. The molecule has 23 heavy (non-hydrogen) atoms. The van der Waals surface area contributed by atoms with Gasteiger partial charge in [-0.3, -0.25) is 9.59 Å². The average molecular weight is 315 g/mol. The quantitative estimate of drug-likeness (QED) is 0.857. The number of nitrogens with one attached hydrogen (secondary N) is 2. The molecule has 2 amide bonds. The van der Waals surface area contributed by atoms with Gasteiger partial charge in [-0.05, 0) is 38.0 Å². The van der Waals surface area contributed by atoms with E-state index < -0.39 is 0 Å². The lowest BCUT2D eigenvalue weighted by Crippen LogP contribution is -2.32. The highest BCUT2D eigenvalue weighted by atomic mass is 16.5. The summed E-state index contributed by atoms with van der Waals surface area (Å²) in [6.45, 7) is 6.02. The van der Waals surface area contributed by atoms with Crippen LogP contribution in [-0.2, 0) is 6.54 Å². The maximum Gasteiger partial charge on any atom is 0.273 e. The molecule has 6 nitrogen and oxygen atoms in total. The van der Waals surface area contributed by atoms with Crippen LogP contribution < -0.4 is 10.6 Å². The van der Waals surface area contributed by atoms with Gasteiger partial charge in [-0.25, -0.2) is 0 Å². The van der Waals surface area contributed by atoms with Crippen LogP contribution in [0.3, 0.4) is 0 Å². The summed E-state index contributed by atoms with van der Waals surface area (Å²) >= 11 is 0. The molecule has 2 N–H and O–H groups in total. The van der Waals surface area contributed by atoms with Gasteiger partial charge >= 0.3 is 0 Å². The van der Waals surface area contributed by atoms with E-state index in [0.717, 1.165) is 12.0 Å². The summed E-state index contributed by atoms with van der Waals surface area (Å²) in [5.74, 6) is 0.162. The van der Waals surface area contributed by atoms with Gasteiger partial charge in [-0.15, -0.1) is 0 Å². The van der Waals surface area contributed by atoms with Crippen LogP contribution in [0.25, 0.3) is 0 Å². The fourth-order valence-electron chi connectivity index (χ4n) is 1.98. The summed E-state index contributed by atoms with van der Waals surface area (Å²) in [5, 5.41) is 9.34. The van der Waals surface area contributed by atoms with Gasteiger partial charge in [0, 0.05) is 24.2 Å². The van der Waals surface area contributed by atoms with Crippen LogP contribution in [0.15, 0.2) is 34.9 Å². The molecule has 0 spiro atoms. The Morgan fingerprint density at radius 2 is 2.04 bits per heavy atom. The molecule has 0 aliphatic heterocycles. The highest BCUT2D eigenvalue weighted by Gasteiger charge is 2.12. The van der Waals surface area contributed by atoms with E-state index in [1.54, 1.807) is 31.2 Å². The van der Waals surface area contributed by atoms with E-state index in [9.17, 15) is 9.59 Å². The topological polar surface area (TPSA) is 84.2 Å². The number of benzene rings is 1. The van der Waals surface area contributed by atoms with Gasteiger partial charge < -0.3 is 15.2 Å². The third-order valence-corrected chi connectivity index (χ3v) is 3.49. The Kier molecular flexibility index (Phi) is 5.51. The van der Waals surface area contributed by atoms with E-state index >= 15 is 0 Å². The Hall–Kier alpha value is -2.63. The molecule has 122 valence electrons. The number of aryl methyl sites for hydroxylation is 1. The predicted molar refractivity (Wildman–Crippen MR) is 86.1 cm³/mol. The molecular weight excluding hydrogens is 294 g/mol. The molecule has 0 radical (unpaired) electrons. The molecule has 0 aliphatic rings. The average Bonchev–Trinajstić information content (AvgIpc) is 2.99. The van der Waals surface area contributed by atoms with Crippen molar-refractivity contribution < 1.29 is 14.1 Å². The van der Waals surface area contributed by atoms with Gasteiger partial charge in [-0.1, -0.05) is 24.2 Å². The zero-order valence-electron chi connectivity index (χ0n) is 13.6. The van der Waals surface area contributed by atoms with Crippen molar-refractivity contribution in [3.63, 3.8) is 0 Å². The summed E-state index contributed by atoms with van der Waals surface area (Å²) in [4.78, 5) is 24.0. The second-order valence-corrected chi connectivity index (χ2v) is 5.49. The van der Waals surface area contributed by atoms with E-state index in [0.29, 0.717) is 17.9 Å². The Morgan fingerprint density at radius 3 is 2.70 bits per heavy atom. The van der Waals surface area contributed by atoms with Crippen molar-refractivity contribution in [3.05, 3.63) is 52.9 Å². The fraction of sp³-hybridized carbons (Fsp3) is 0.353. The maximum absolute atomic E-state index is 12.1. The predicted octanol–water partition coefficient (Wildman–Crippen LogP) is 2.44. The first-order chi connectivity index (χ1) is 11.0. The maximum atomic E-state index is 12.1. The van der Waals surface area contributed by atoms with Crippen molar-refractivity contribution in [1.82, 2.24) is 15.8 Å². The summed E-state index contributed by atoms with van der Waals surface area (Å²) in [5.41, 5.74) is 1.66. The lowest BCUT2D eigenvalue weighted by Gasteiger charge is -2.12. The largest absolute Gasteiger partial charge is 0.361 e. The first-order valence-corrected chi connectivity index (χ1v) is 7.61. The van der Waals surface area contributed by atoms with E-state index in [1.165, 1.54) is 0 Å². The molecule has 6 heteroatoms. The van der Waals surface area contributed by atoms with Crippen molar-refractivity contribution in [3.8, 4) is 0 Å². The number of hydrogen-bond donors (Lipinski definition) is 2. The van der Waals surface area contributed by atoms with Crippen LogP contribution >= 0.6 is 0 Å². The van der Waals surface area contributed by atoms with Crippen LogP contribution in [0.4, 0.5) is 0 Å². The smallest absolute Gasteiger partial charge is 0.273 e. The molecule has 1 aromatic carbocycles. The van der Waals surface area contributed by atoms with Crippen LogP contribution in [0.5, 0.6) is 0 Å². The van der Waals surface area contributed by atoms with Crippen LogP contribution in [0, 0.1) is 6.92 Å². The fourth-order valence-corrected chi connectivity index (χ4v) is 1.98. The molecular formula is C17H21N3O3. The van der Waals surface area contributed by atoms with E-state index in [2.05, 4.69) is 15.8 Å². The van der Waals surface area contributed by atoms with Crippen molar-refractivity contribution in [2.45, 2.75) is 39.8 Å². The minimum Gasteiger partial charge on any atom is -0.361 e. The molecule has 2 aromatic rings. The number of hydrogen-bond acceptors (Lipinski definition) is 4. The lowest BCUT2D eigenvalue weighted by molar-refractivity contribution is 0.0934. The zero-order chi connectivity index (χ0) is 16.8. The second-order valence-electron chi connectivity index (χ2n) is 5.49. The Balaban J connectivity index is 1.97. The highest BCUT2D eigenvalue weighted by molar-refractivity contribution is 5.94. The first-order valence-electron chi connectivity index (χ1n) is 7.61. The molecule has 0 saturated heterocycles. The number of carbonyl (C=O) groups is 2. The van der Waals surface area contributed by atoms with Crippen molar-refractivity contribution in [2.24, 2.45) is 0 Å². The number of amides is 2. The summed E-state index contributed by atoms with van der Waals surface area (Å²) in [6.07, 6.45) is 0.874. The molecule has 1 aromatic heterocycles. The molecule has 1 heterocycles. The highest BCUT2D eigenvalue weighted by Crippen LogP contribution is 2.07. The van der Waals surface area contributed by atoms with E-state index in [1.807, 2.05) is 19.9 Å².